The first kappa shape index (κ1) is 17.0. The van der Waals surface area contributed by atoms with Crippen LogP contribution in [-0.2, 0) is 31.2 Å². The van der Waals surface area contributed by atoms with Gasteiger partial charge in [0.25, 0.3) is 0 Å². The van der Waals surface area contributed by atoms with Crippen LogP contribution in [0.1, 0.15) is 30.0 Å². The van der Waals surface area contributed by atoms with Gasteiger partial charge in [0.05, 0.1) is 5.52 Å². The molecule has 1 amide bonds. The summed E-state index contributed by atoms with van der Waals surface area (Å²) in [5.74, 6) is -0.369. The molecule has 0 saturated heterocycles. The van der Waals surface area contributed by atoms with E-state index in [-0.39, 0.29) is 11.7 Å². The lowest BCUT2D eigenvalue weighted by atomic mass is 10.1. The van der Waals surface area contributed by atoms with Crippen molar-refractivity contribution >= 4 is 17.0 Å². The quantitative estimate of drug-likeness (QED) is 0.751. The van der Waals surface area contributed by atoms with Crippen molar-refractivity contribution in [2.24, 2.45) is 7.05 Å². The smallest absolute Gasteiger partial charge is 0.408 e. The van der Waals surface area contributed by atoms with E-state index < -0.39 is 0 Å². The minimum Gasteiger partial charge on any atom is -0.408 e. The maximum absolute atomic E-state index is 12.1. The highest BCUT2D eigenvalue weighted by Gasteiger charge is 2.07. The van der Waals surface area contributed by atoms with Gasteiger partial charge >= 0.3 is 5.76 Å². The fourth-order valence-corrected chi connectivity index (χ4v) is 2.77. The number of aryl methyl sites for hydroxylation is 3. The fourth-order valence-electron chi connectivity index (χ4n) is 2.77. The molecule has 0 saturated carbocycles. The van der Waals surface area contributed by atoms with Gasteiger partial charge in [-0.15, -0.1) is 0 Å². The van der Waals surface area contributed by atoms with Crippen molar-refractivity contribution < 1.29 is 9.21 Å². The first-order valence-electron chi connectivity index (χ1n) is 8.50. The van der Waals surface area contributed by atoms with Gasteiger partial charge in [0.1, 0.15) is 0 Å². The van der Waals surface area contributed by atoms with Crippen molar-refractivity contribution in [1.29, 1.82) is 0 Å². The highest BCUT2D eigenvalue weighted by atomic mass is 16.4. The Labute approximate surface area is 146 Å². The van der Waals surface area contributed by atoms with Crippen LogP contribution in [0.25, 0.3) is 11.1 Å². The lowest BCUT2D eigenvalue weighted by Gasteiger charge is -2.06. The Morgan fingerprint density at radius 3 is 2.48 bits per heavy atom. The zero-order valence-corrected chi connectivity index (χ0v) is 14.5. The van der Waals surface area contributed by atoms with E-state index in [0.717, 1.165) is 23.9 Å². The summed E-state index contributed by atoms with van der Waals surface area (Å²) in [7, 11) is 1.67. The minimum absolute atomic E-state index is 0.0146. The number of nitrogens with zero attached hydrogens (tertiary/aromatic N) is 1. The molecule has 0 spiro atoms. The normalized spacial score (nSPS) is 11.0. The van der Waals surface area contributed by atoms with Gasteiger partial charge < -0.3 is 9.73 Å². The largest absolute Gasteiger partial charge is 0.419 e. The summed E-state index contributed by atoms with van der Waals surface area (Å²) in [6.45, 7) is 2.56. The molecule has 1 aromatic heterocycles. The van der Waals surface area contributed by atoms with Crippen molar-refractivity contribution in [2.45, 2.75) is 32.7 Å². The molecule has 5 nitrogen and oxygen atoms in total. The number of hydrogen-bond donors (Lipinski definition) is 1. The third kappa shape index (κ3) is 3.99. The number of benzene rings is 2. The number of fused-ring (bicyclic) bond motifs is 1. The number of rotatable bonds is 6. The molecule has 0 aliphatic carbocycles. The van der Waals surface area contributed by atoms with Crippen molar-refractivity contribution in [2.75, 3.05) is 0 Å². The van der Waals surface area contributed by atoms with E-state index >= 15 is 0 Å². The average Bonchev–Trinajstić information content (AvgIpc) is 2.92. The molecule has 3 aromatic rings. The van der Waals surface area contributed by atoms with E-state index in [9.17, 15) is 9.59 Å². The van der Waals surface area contributed by atoms with Crippen LogP contribution in [0.3, 0.4) is 0 Å². The molecule has 25 heavy (non-hydrogen) atoms. The number of oxazole rings is 1. The van der Waals surface area contributed by atoms with Crippen LogP contribution in [0.4, 0.5) is 0 Å². The molecule has 1 N–H and O–H groups in total. The first-order chi connectivity index (χ1) is 12.1. The second-order valence-corrected chi connectivity index (χ2v) is 6.18. The molecular formula is C20H22N2O3. The summed E-state index contributed by atoms with van der Waals surface area (Å²) in [4.78, 5) is 23.6. The molecule has 0 aliphatic rings. The average molecular weight is 338 g/mol. The van der Waals surface area contributed by atoms with Crippen LogP contribution in [0.15, 0.2) is 51.7 Å². The molecule has 0 radical (unpaired) electrons. The Balaban J connectivity index is 1.54. The summed E-state index contributed by atoms with van der Waals surface area (Å²) < 4.78 is 6.56. The topological polar surface area (TPSA) is 64.2 Å². The Bertz CT molecular complexity index is 936. The summed E-state index contributed by atoms with van der Waals surface area (Å²) in [5.41, 5.74) is 4.69. The van der Waals surface area contributed by atoms with Crippen LogP contribution >= 0.6 is 0 Å². The lowest BCUT2D eigenvalue weighted by Crippen LogP contribution is -2.23. The van der Waals surface area contributed by atoms with E-state index in [1.165, 1.54) is 15.7 Å². The molecule has 5 heteroatoms. The number of hydrogen-bond acceptors (Lipinski definition) is 3. The monoisotopic (exact) mass is 338 g/mol. The minimum atomic E-state index is -0.384. The van der Waals surface area contributed by atoms with Gasteiger partial charge in [0, 0.05) is 20.0 Å². The Hall–Kier alpha value is -2.82. The molecule has 2 aromatic carbocycles. The third-order valence-electron chi connectivity index (χ3n) is 4.42. The molecule has 1 heterocycles. The third-order valence-corrected chi connectivity index (χ3v) is 4.42. The number of nitrogens with one attached hydrogen (secondary N) is 1. The van der Waals surface area contributed by atoms with Crippen LogP contribution in [-0.4, -0.2) is 10.5 Å². The maximum Gasteiger partial charge on any atom is 0.419 e. The van der Waals surface area contributed by atoms with Crippen molar-refractivity contribution in [3.05, 3.63) is 69.7 Å². The summed E-state index contributed by atoms with van der Waals surface area (Å²) in [5, 5.41) is 2.93. The van der Waals surface area contributed by atoms with Crippen LogP contribution in [0.5, 0.6) is 0 Å². The van der Waals surface area contributed by atoms with E-state index in [1.807, 2.05) is 12.1 Å². The van der Waals surface area contributed by atoms with Crippen LogP contribution < -0.4 is 11.1 Å². The predicted octanol–water partition coefficient (Wildman–Crippen LogP) is 2.94. The van der Waals surface area contributed by atoms with Gasteiger partial charge in [0.15, 0.2) is 5.58 Å². The molecular weight excluding hydrogens is 316 g/mol. The zero-order chi connectivity index (χ0) is 17.8. The second-order valence-electron chi connectivity index (χ2n) is 6.18. The summed E-state index contributed by atoms with van der Waals surface area (Å²) in [6.07, 6.45) is 2.20. The number of carbonyl (C=O) groups excluding carboxylic acids is 1. The summed E-state index contributed by atoms with van der Waals surface area (Å²) in [6, 6.07) is 13.9. The Kier molecular flexibility index (Phi) is 5.03. The van der Waals surface area contributed by atoms with Crippen molar-refractivity contribution in [3.8, 4) is 0 Å². The molecule has 0 aliphatic heterocycles. The highest BCUT2D eigenvalue weighted by Crippen LogP contribution is 2.14. The summed E-state index contributed by atoms with van der Waals surface area (Å²) >= 11 is 0. The Morgan fingerprint density at radius 2 is 1.76 bits per heavy atom. The van der Waals surface area contributed by atoms with Crippen LogP contribution in [0.2, 0.25) is 0 Å². The SMILES string of the molecule is CCc1ccc(CCC(=O)NCc2ccc3oc(=O)n(C)c3c2)cc1. The van der Waals surface area contributed by atoms with E-state index in [1.54, 1.807) is 13.1 Å². The van der Waals surface area contributed by atoms with E-state index in [4.69, 9.17) is 4.42 Å². The van der Waals surface area contributed by atoms with Gasteiger partial charge in [-0.3, -0.25) is 9.36 Å². The van der Waals surface area contributed by atoms with Gasteiger partial charge in [0.2, 0.25) is 5.91 Å². The van der Waals surface area contributed by atoms with Gasteiger partial charge in [-0.1, -0.05) is 37.3 Å². The van der Waals surface area contributed by atoms with Crippen molar-refractivity contribution in [1.82, 2.24) is 9.88 Å². The van der Waals surface area contributed by atoms with E-state index in [2.05, 4.69) is 36.5 Å². The molecule has 0 fully saturated rings. The molecule has 0 unspecified atom stereocenters. The molecule has 0 bridgehead atoms. The molecule has 3 rings (SSSR count). The van der Waals surface area contributed by atoms with E-state index in [0.29, 0.717) is 18.5 Å². The Morgan fingerprint density at radius 1 is 1.08 bits per heavy atom. The predicted molar refractivity (Wildman–Crippen MR) is 97.4 cm³/mol. The fraction of sp³-hybridized carbons (Fsp3) is 0.300. The highest BCUT2D eigenvalue weighted by molar-refractivity contribution is 5.77. The van der Waals surface area contributed by atoms with Gasteiger partial charge in [-0.2, -0.15) is 0 Å². The molecule has 0 atom stereocenters. The van der Waals surface area contributed by atoms with Crippen molar-refractivity contribution in [3.63, 3.8) is 0 Å². The van der Waals surface area contributed by atoms with Crippen LogP contribution in [0, 0.1) is 0 Å². The number of aromatic nitrogens is 1. The van der Waals surface area contributed by atoms with Gasteiger partial charge in [-0.05, 0) is 41.7 Å². The number of amides is 1. The zero-order valence-electron chi connectivity index (χ0n) is 14.5. The molecule has 130 valence electrons. The standard InChI is InChI=1S/C20H22N2O3/c1-3-14-4-6-15(7-5-14)9-11-19(23)21-13-16-8-10-18-17(12-16)22(2)20(24)25-18/h4-8,10,12H,3,9,11,13H2,1-2H3,(H,21,23). The lowest BCUT2D eigenvalue weighted by molar-refractivity contribution is -0.121. The first-order valence-corrected chi connectivity index (χ1v) is 8.50. The number of carbonyl (C=O) groups is 1. The second kappa shape index (κ2) is 7.38. The maximum atomic E-state index is 12.1. The van der Waals surface area contributed by atoms with Gasteiger partial charge in [-0.25, -0.2) is 4.79 Å².